The topological polar surface area (TPSA) is 49.4 Å². The first kappa shape index (κ1) is 22.9. The molecule has 0 bridgehead atoms. The Bertz CT molecular complexity index is 811. The lowest BCUT2D eigenvalue weighted by molar-refractivity contribution is -0.141. The summed E-state index contributed by atoms with van der Waals surface area (Å²) in [6, 6.07) is 12.7. The number of hydrogen-bond donors (Lipinski definition) is 1. The molecule has 0 heterocycles. The van der Waals surface area contributed by atoms with Crippen molar-refractivity contribution in [2.24, 2.45) is 0 Å². The standard InChI is InChI=1S/C23H28ClFN2O2/c1-3-5-14-26-23(29)21(4-2)27(16-17-10-12-19(24)13-11-17)22(28)15-18-8-6-7-9-20(18)25/h6-13,21H,3-5,14-16H2,1-2H3,(H,26,29)/t21-/m0/s1. The molecular formula is C23H28ClFN2O2. The summed E-state index contributed by atoms with van der Waals surface area (Å²) >= 11 is 5.96. The minimum Gasteiger partial charge on any atom is -0.354 e. The molecule has 1 atom stereocenters. The quantitative estimate of drug-likeness (QED) is 0.566. The van der Waals surface area contributed by atoms with Gasteiger partial charge in [-0.05, 0) is 42.2 Å². The highest BCUT2D eigenvalue weighted by molar-refractivity contribution is 6.30. The van der Waals surface area contributed by atoms with Crippen molar-refractivity contribution < 1.29 is 14.0 Å². The Labute approximate surface area is 177 Å². The van der Waals surface area contributed by atoms with Gasteiger partial charge in [0.05, 0.1) is 6.42 Å². The summed E-state index contributed by atoms with van der Waals surface area (Å²) in [6.07, 6.45) is 2.22. The van der Waals surface area contributed by atoms with E-state index in [1.807, 2.05) is 26.0 Å². The molecule has 0 unspecified atom stereocenters. The molecule has 0 fully saturated rings. The van der Waals surface area contributed by atoms with E-state index in [1.165, 1.54) is 11.0 Å². The summed E-state index contributed by atoms with van der Waals surface area (Å²) in [6.45, 7) is 4.75. The molecule has 4 nitrogen and oxygen atoms in total. The first-order valence-corrected chi connectivity index (χ1v) is 10.4. The van der Waals surface area contributed by atoms with Crippen molar-refractivity contribution in [1.82, 2.24) is 10.2 Å². The number of halogens is 2. The number of carbonyl (C=O) groups excluding carboxylic acids is 2. The maximum atomic E-state index is 14.1. The van der Waals surface area contributed by atoms with Crippen LogP contribution in [0, 0.1) is 5.82 Å². The van der Waals surface area contributed by atoms with E-state index in [9.17, 15) is 14.0 Å². The van der Waals surface area contributed by atoms with Crippen molar-refractivity contribution in [2.45, 2.75) is 52.1 Å². The highest BCUT2D eigenvalue weighted by Gasteiger charge is 2.28. The molecular weight excluding hydrogens is 391 g/mol. The van der Waals surface area contributed by atoms with E-state index < -0.39 is 11.9 Å². The summed E-state index contributed by atoms with van der Waals surface area (Å²) in [7, 11) is 0. The van der Waals surface area contributed by atoms with E-state index in [1.54, 1.807) is 30.3 Å². The lowest BCUT2D eigenvalue weighted by atomic mass is 10.1. The number of rotatable bonds is 10. The Hall–Kier alpha value is -2.40. The lowest BCUT2D eigenvalue weighted by Gasteiger charge is -2.31. The van der Waals surface area contributed by atoms with Gasteiger partial charge >= 0.3 is 0 Å². The van der Waals surface area contributed by atoms with E-state index in [2.05, 4.69) is 5.32 Å². The van der Waals surface area contributed by atoms with Gasteiger partial charge < -0.3 is 10.2 Å². The highest BCUT2D eigenvalue weighted by atomic mass is 35.5. The molecule has 2 aromatic carbocycles. The fraction of sp³-hybridized carbons (Fsp3) is 0.391. The van der Waals surface area contributed by atoms with Gasteiger partial charge in [0.25, 0.3) is 0 Å². The molecule has 2 rings (SSSR count). The Morgan fingerprint density at radius 3 is 2.41 bits per heavy atom. The molecule has 156 valence electrons. The lowest BCUT2D eigenvalue weighted by Crippen LogP contribution is -2.49. The first-order valence-electron chi connectivity index (χ1n) is 10.0. The number of unbranched alkanes of at least 4 members (excludes halogenated alkanes) is 1. The third-order valence-corrected chi connectivity index (χ3v) is 5.03. The van der Waals surface area contributed by atoms with Crippen molar-refractivity contribution in [2.75, 3.05) is 6.54 Å². The second kappa shape index (κ2) is 11.6. The zero-order chi connectivity index (χ0) is 21.2. The molecule has 0 aliphatic heterocycles. The van der Waals surface area contributed by atoms with Crippen molar-refractivity contribution in [1.29, 1.82) is 0 Å². The molecule has 0 spiro atoms. The molecule has 2 aromatic rings. The average Bonchev–Trinajstić information content (AvgIpc) is 2.71. The SMILES string of the molecule is CCCCNC(=O)[C@H](CC)N(Cc1ccc(Cl)cc1)C(=O)Cc1ccccc1F. The Balaban J connectivity index is 2.25. The second-order valence-corrected chi connectivity index (χ2v) is 7.42. The van der Waals surface area contributed by atoms with Gasteiger partial charge in [0.2, 0.25) is 11.8 Å². The van der Waals surface area contributed by atoms with Crippen LogP contribution < -0.4 is 5.32 Å². The number of nitrogens with one attached hydrogen (secondary N) is 1. The highest BCUT2D eigenvalue weighted by Crippen LogP contribution is 2.17. The van der Waals surface area contributed by atoms with Crippen LogP contribution in [-0.4, -0.2) is 29.3 Å². The number of hydrogen-bond acceptors (Lipinski definition) is 2. The van der Waals surface area contributed by atoms with Crippen molar-refractivity contribution in [3.05, 3.63) is 70.5 Å². The third kappa shape index (κ3) is 6.86. The molecule has 2 amide bonds. The second-order valence-electron chi connectivity index (χ2n) is 6.98. The average molecular weight is 419 g/mol. The summed E-state index contributed by atoms with van der Waals surface area (Å²) < 4.78 is 14.1. The number of benzene rings is 2. The Kier molecular flexibility index (Phi) is 9.13. The minimum atomic E-state index is -0.623. The van der Waals surface area contributed by atoms with Gasteiger partial charge in [-0.1, -0.05) is 62.2 Å². The fourth-order valence-electron chi connectivity index (χ4n) is 3.12. The van der Waals surface area contributed by atoms with Crippen LogP contribution in [0.5, 0.6) is 0 Å². The zero-order valence-corrected chi connectivity index (χ0v) is 17.7. The smallest absolute Gasteiger partial charge is 0.242 e. The van der Waals surface area contributed by atoms with Gasteiger partial charge in [0.15, 0.2) is 0 Å². The van der Waals surface area contributed by atoms with E-state index in [4.69, 9.17) is 11.6 Å². The van der Waals surface area contributed by atoms with Gasteiger partial charge in [-0.15, -0.1) is 0 Å². The predicted molar refractivity (Wildman–Crippen MR) is 114 cm³/mol. The van der Waals surface area contributed by atoms with Crippen LogP contribution in [0.3, 0.4) is 0 Å². The molecule has 29 heavy (non-hydrogen) atoms. The van der Waals surface area contributed by atoms with Crippen LogP contribution in [0.25, 0.3) is 0 Å². The molecule has 0 aliphatic rings. The Morgan fingerprint density at radius 1 is 1.10 bits per heavy atom. The van der Waals surface area contributed by atoms with Crippen LogP contribution in [-0.2, 0) is 22.6 Å². The molecule has 0 radical (unpaired) electrons. The van der Waals surface area contributed by atoms with Gasteiger partial charge in [-0.25, -0.2) is 4.39 Å². The van der Waals surface area contributed by atoms with Crippen LogP contribution in [0.15, 0.2) is 48.5 Å². The summed E-state index contributed by atoms with van der Waals surface area (Å²) in [5.74, 6) is -0.896. The molecule has 0 aliphatic carbocycles. The third-order valence-electron chi connectivity index (χ3n) is 4.78. The summed E-state index contributed by atoms with van der Waals surface area (Å²) in [4.78, 5) is 27.4. The molecule has 0 saturated heterocycles. The van der Waals surface area contributed by atoms with Gasteiger partial charge in [0.1, 0.15) is 11.9 Å². The number of carbonyl (C=O) groups is 2. The van der Waals surface area contributed by atoms with E-state index in [0.717, 1.165) is 18.4 Å². The van der Waals surface area contributed by atoms with Crippen molar-refractivity contribution >= 4 is 23.4 Å². The first-order chi connectivity index (χ1) is 14.0. The van der Waals surface area contributed by atoms with Gasteiger partial charge in [-0.3, -0.25) is 9.59 Å². The zero-order valence-electron chi connectivity index (χ0n) is 17.0. The normalized spacial score (nSPS) is 11.7. The fourth-order valence-corrected chi connectivity index (χ4v) is 3.24. The molecule has 6 heteroatoms. The monoisotopic (exact) mass is 418 g/mol. The van der Waals surface area contributed by atoms with Crippen LogP contribution in [0.4, 0.5) is 4.39 Å². The minimum absolute atomic E-state index is 0.0982. The molecule has 0 saturated carbocycles. The summed E-state index contributed by atoms with van der Waals surface area (Å²) in [5, 5.41) is 3.51. The van der Waals surface area contributed by atoms with Crippen LogP contribution >= 0.6 is 11.6 Å². The van der Waals surface area contributed by atoms with E-state index in [0.29, 0.717) is 23.6 Å². The molecule has 1 N–H and O–H groups in total. The maximum Gasteiger partial charge on any atom is 0.242 e. The van der Waals surface area contributed by atoms with Crippen LogP contribution in [0.2, 0.25) is 5.02 Å². The van der Waals surface area contributed by atoms with Crippen molar-refractivity contribution in [3.8, 4) is 0 Å². The largest absolute Gasteiger partial charge is 0.354 e. The van der Waals surface area contributed by atoms with E-state index in [-0.39, 0.29) is 24.8 Å². The maximum absolute atomic E-state index is 14.1. The predicted octanol–water partition coefficient (Wildman–Crippen LogP) is 4.75. The molecule has 0 aromatic heterocycles. The number of amides is 2. The van der Waals surface area contributed by atoms with Crippen molar-refractivity contribution in [3.63, 3.8) is 0 Å². The number of nitrogens with zero attached hydrogens (tertiary/aromatic N) is 1. The van der Waals surface area contributed by atoms with Gasteiger partial charge in [0, 0.05) is 18.1 Å². The van der Waals surface area contributed by atoms with Gasteiger partial charge in [-0.2, -0.15) is 0 Å². The van der Waals surface area contributed by atoms with Crippen LogP contribution in [0.1, 0.15) is 44.2 Å². The van der Waals surface area contributed by atoms with E-state index >= 15 is 0 Å². The Morgan fingerprint density at radius 2 is 1.79 bits per heavy atom. The summed E-state index contributed by atoms with van der Waals surface area (Å²) in [5.41, 5.74) is 1.18.